The van der Waals surface area contributed by atoms with E-state index in [1.54, 1.807) is 0 Å². The van der Waals surface area contributed by atoms with Crippen molar-refractivity contribution in [2.24, 2.45) is 0 Å². The number of rotatable bonds is 3. The van der Waals surface area contributed by atoms with Crippen LogP contribution in [-0.2, 0) is 13.0 Å². The highest BCUT2D eigenvalue weighted by molar-refractivity contribution is 5.75. The van der Waals surface area contributed by atoms with Gasteiger partial charge in [-0.1, -0.05) is 25.0 Å². The number of nitrogens with zero attached hydrogens (tertiary/aromatic N) is 2. The minimum atomic E-state index is 0.601. The molecule has 1 atom stereocenters. The molecule has 1 aliphatic rings. The van der Waals surface area contributed by atoms with Crippen LogP contribution in [0.25, 0.3) is 11.0 Å². The molecule has 0 radical (unpaired) electrons. The van der Waals surface area contributed by atoms with Crippen molar-refractivity contribution in [1.82, 2.24) is 14.9 Å². The van der Waals surface area contributed by atoms with Crippen molar-refractivity contribution in [2.45, 2.75) is 51.6 Å². The van der Waals surface area contributed by atoms with Crippen LogP contribution in [0.15, 0.2) is 24.3 Å². The zero-order valence-corrected chi connectivity index (χ0v) is 11.7. The predicted molar refractivity (Wildman–Crippen MR) is 79.4 cm³/mol. The summed E-state index contributed by atoms with van der Waals surface area (Å²) < 4.78 is 2.36. The number of hydrogen-bond acceptors (Lipinski definition) is 2. The third kappa shape index (κ3) is 2.66. The van der Waals surface area contributed by atoms with Gasteiger partial charge in [0.25, 0.3) is 0 Å². The normalized spacial score (nSPS) is 20.6. The van der Waals surface area contributed by atoms with Gasteiger partial charge in [0, 0.05) is 19.0 Å². The molecule has 3 nitrogen and oxygen atoms in total. The Morgan fingerprint density at radius 3 is 3.05 bits per heavy atom. The van der Waals surface area contributed by atoms with E-state index in [4.69, 9.17) is 4.98 Å². The molecule has 3 rings (SSSR count). The third-order valence-corrected chi connectivity index (χ3v) is 4.14. The van der Waals surface area contributed by atoms with Crippen molar-refractivity contribution >= 4 is 11.0 Å². The van der Waals surface area contributed by atoms with Crippen molar-refractivity contribution in [3.05, 3.63) is 30.1 Å². The first-order chi connectivity index (χ1) is 9.38. The highest BCUT2D eigenvalue weighted by Gasteiger charge is 2.16. The number of benzene rings is 1. The molecule has 1 N–H and O–H groups in total. The molecule has 0 saturated carbocycles. The van der Waals surface area contributed by atoms with E-state index in [-0.39, 0.29) is 0 Å². The maximum absolute atomic E-state index is 4.83. The number of fused-ring (bicyclic) bond motifs is 1. The Hall–Kier alpha value is -1.35. The van der Waals surface area contributed by atoms with Gasteiger partial charge in [0.2, 0.25) is 0 Å². The smallest absolute Gasteiger partial charge is 0.111 e. The van der Waals surface area contributed by atoms with Gasteiger partial charge in [0.15, 0.2) is 0 Å². The van der Waals surface area contributed by atoms with Gasteiger partial charge in [-0.15, -0.1) is 0 Å². The Kier molecular flexibility index (Phi) is 3.83. The molecular weight excluding hydrogens is 234 g/mol. The molecule has 3 heteroatoms. The highest BCUT2D eigenvalue weighted by Crippen LogP contribution is 2.19. The Morgan fingerprint density at radius 1 is 1.26 bits per heavy atom. The average Bonchev–Trinajstić information content (AvgIpc) is 2.60. The number of aryl methyl sites for hydroxylation is 1. The lowest BCUT2D eigenvalue weighted by Gasteiger charge is -2.16. The van der Waals surface area contributed by atoms with Crippen molar-refractivity contribution in [3.63, 3.8) is 0 Å². The van der Waals surface area contributed by atoms with E-state index in [0.717, 1.165) is 25.0 Å². The van der Waals surface area contributed by atoms with Crippen LogP contribution < -0.4 is 5.32 Å². The minimum absolute atomic E-state index is 0.601. The maximum Gasteiger partial charge on any atom is 0.111 e. The highest BCUT2D eigenvalue weighted by atomic mass is 15.1. The molecule has 1 fully saturated rings. The van der Waals surface area contributed by atoms with Crippen molar-refractivity contribution in [3.8, 4) is 0 Å². The minimum Gasteiger partial charge on any atom is -0.328 e. The standard InChI is InChI=1S/C16H23N3/c1-2-19-15-10-6-5-9-14(15)18-16(19)12-13-8-4-3-7-11-17-13/h5-6,9-10,13,17H,2-4,7-8,11-12H2,1H3. The third-order valence-electron chi connectivity index (χ3n) is 4.14. The maximum atomic E-state index is 4.83. The first-order valence-electron chi connectivity index (χ1n) is 7.56. The van der Waals surface area contributed by atoms with Crippen molar-refractivity contribution in [2.75, 3.05) is 6.54 Å². The second kappa shape index (κ2) is 5.74. The van der Waals surface area contributed by atoms with E-state index in [1.165, 1.54) is 37.0 Å². The van der Waals surface area contributed by atoms with Crippen molar-refractivity contribution < 1.29 is 0 Å². The first kappa shape index (κ1) is 12.7. The van der Waals surface area contributed by atoms with Crippen LogP contribution in [-0.4, -0.2) is 22.1 Å². The fraction of sp³-hybridized carbons (Fsp3) is 0.562. The first-order valence-corrected chi connectivity index (χ1v) is 7.56. The molecule has 1 saturated heterocycles. The largest absolute Gasteiger partial charge is 0.328 e. The molecule has 1 aromatic carbocycles. The van der Waals surface area contributed by atoms with Gasteiger partial charge in [-0.2, -0.15) is 0 Å². The average molecular weight is 257 g/mol. The summed E-state index contributed by atoms with van der Waals surface area (Å²) in [7, 11) is 0. The summed E-state index contributed by atoms with van der Waals surface area (Å²) in [6, 6.07) is 9.07. The van der Waals surface area contributed by atoms with E-state index in [0.29, 0.717) is 6.04 Å². The molecule has 0 spiro atoms. The fourth-order valence-corrected chi connectivity index (χ4v) is 3.13. The number of para-hydroxylation sites is 2. The summed E-state index contributed by atoms with van der Waals surface area (Å²) in [6.45, 7) is 4.37. The Balaban J connectivity index is 1.87. The summed E-state index contributed by atoms with van der Waals surface area (Å²) >= 11 is 0. The van der Waals surface area contributed by atoms with Gasteiger partial charge in [-0.05, 0) is 38.4 Å². The number of nitrogens with one attached hydrogen (secondary N) is 1. The zero-order chi connectivity index (χ0) is 13.1. The van der Waals surface area contributed by atoms with E-state index in [1.807, 2.05) is 0 Å². The van der Waals surface area contributed by atoms with Gasteiger partial charge in [-0.3, -0.25) is 0 Å². The van der Waals surface area contributed by atoms with Crippen molar-refractivity contribution in [1.29, 1.82) is 0 Å². The molecule has 0 bridgehead atoms. The molecular formula is C16H23N3. The topological polar surface area (TPSA) is 29.9 Å². The van der Waals surface area contributed by atoms with Gasteiger partial charge < -0.3 is 9.88 Å². The number of imidazole rings is 1. The molecule has 2 aromatic rings. The summed E-state index contributed by atoms with van der Waals surface area (Å²) in [5, 5.41) is 3.67. The molecule has 1 aliphatic heterocycles. The lowest BCUT2D eigenvalue weighted by atomic mass is 10.1. The molecule has 1 unspecified atom stereocenters. The monoisotopic (exact) mass is 257 g/mol. The number of aromatic nitrogens is 2. The molecule has 0 amide bonds. The molecule has 19 heavy (non-hydrogen) atoms. The molecule has 0 aliphatic carbocycles. The number of hydrogen-bond donors (Lipinski definition) is 1. The van der Waals surface area contributed by atoms with Crippen LogP contribution in [0.2, 0.25) is 0 Å². The lowest BCUT2D eigenvalue weighted by molar-refractivity contribution is 0.488. The van der Waals surface area contributed by atoms with E-state index in [2.05, 4.69) is 41.1 Å². The summed E-state index contributed by atoms with van der Waals surface area (Å²) in [5.74, 6) is 1.24. The summed E-state index contributed by atoms with van der Waals surface area (Å²) in [5.41, 5.74) is 2.40. The van der Waals surface area contributed by atoms with Gasteiger partial charge in [0.1, 0.15) is 5.82 Å². The Bertz CT molecular complexity index is 536. The van der Waals surface area contributed by atoms with Crippen LogP contribution in [0.1, 0.15) is 38.4 Å². The van der Waals surface area contributed by atoms with Gasteiger partial charge in [-0.25, -0.2) is 4.98 Å². The lowest BCUT2D eigenvalue weighted by Crippen LogP contribution is -2.31. The van der Waals surface area contributed by atoms with Crippen LogP contribution in [0.4, 0.5) is 0 Å². The second-order valence-corrected chi connectivity index (χ2v) is 5.47. The fourth-order valence-electron chi connectivity index (χ4n) is 3.13. The quantitative estimate of drug-likeness (QED) is 0.915. The SMILES string of the molecule is CCn1c(CC2CCCCCN2)nc2ccccc21. The summed E-state index contributed by atoms with van der Waals surface area (Å²) in [6.07, 6.45) is 6.38. The van der Waals surface area contributed by atoms with E-state index in [9.17, 15) is 0 Å². The molecule has 2 heterocycles. The Labute approximate surface area is 115 Å². The van der Waals surface area contributed by atoms with E-state index < -0.39 is 0 Å². The van der Waals surface area contributed by atoms with Crippen LogP contribution in [0.3, 0.4) is 0 Å². The second-order valence-electron chi connectivity index (χ2n) is 5.47. The molecule has 102 valence electrons. The predicted octanol–water partition coefficient (Wildman–Crippen LogP) is 3.13. The van der Waals surface area contributed by atoms with Crippen LogP contribution >= 0.6 is 0 Å². The molecule has 1 aromatic heterocycles. The Morgan fingerprint density at radius 2 is 2.16 bits per heavy atom. The van der Waals surface area contributed by atoms with E-state index >= 15 is 0 Å². The van der Waals surface area contributed by atoms with Crippen LogP contribution in [0, 0.1) is 0 Å². The van der Waals surface area contributed by atoms with Crippen LogP contribution in [0.5, 0.6) is 0 Å². The van der Waals surface area contributed by atoms with Gasteiger partial charge in [0.05, 0.1) is 11.0 Å². The zero-order valence-electron chi connectivity index (χ0n) is 11.7. The van der Waals surface area contributed by atoms with Gasteiger partial charge >= 0.3 is 0 Å². The summed E-state index contributed by atoms with van der Waals surface area (Å²) in [4.78, 5) is 4.83.